The quantitative estimate of drug-likeness (QED) is 0.492. The molecule has 35 heavy (non-hydrogen) atoms. The van der Waals surface area contributed by atoms with Gasteiger partial charge >= 0.3 is 11.9 Å². The number of fused-ring (bicyclic) bond motifs is 1. The maximum Gasteiger partial charge on any atom is 0.416 e. The van der Waals surface area contributed by atoms with Crippen molar-refractivity contribution < 1.29 is 13.2 Å². The van der Waals surface area contributed by atoms with Gasteiger partial charge in [0.1, 0.15) is 11.6 Å². The molecule has 2 N–H and O–H groups in total. The van der Waals surface area contributed by atoms with E-state index in [0.29, 0.717) is 16.6 Å². The number of alkyl halides is 3. The first-order valence-electron chi connectivity index (χ1n) is 11.9. The molecule has 3 heterocycles. The molecule has 1 atom stereocenters. The molecule has 3 aromatic rings. The van der Waals surface area contributed by atoms with Crippen LogP contribution in [0.25, 0.3) is 11.0 Å². The van der Waals surface area contributed by atoms with Crippen LogP contribution in [0.5, 0.6) is 0 Å². The van der Waals surface area contributed by atoms with E-state index in [2.05, 4.69) is 21.8 Å². The minimum absolute atomic E-state index is 0.0366. The monoisotopic (exact) mass is 501 g/mol. The lowest BCUT2D eigenvalue weighted by molar-refractivity contribution is -0.137. The lowest BCUT2D eigenvalue weighted by Gasteiger charge is -2.21. The topological polar surface area (TPSA) is 78.7 Å². The van der Waals surface area contributed by atoms with Crippen molar-refractivity contribution in [3.63, 3.8) is 0 Å². The molecule has 2 aliphatic rings. The molecule has 0 unspecified atom stereocenters. The van der Waals surface area contributed by atoms with Crippen molar-refractivity contribution >= 4 is 28.6 Å². The van der Waals surface area contributed by atoms with Crippen molar-refractivity contribution in [2.75, 3.05) is 11.5 Å². The number of nitrogens with zero attached hydrogens (tertiary/aromatic N) is 4. The number of aromatic nitrogens is 4. The van der Waals surface area contributed by atoms with E-state index < -0.39 is 11.7 Å². The number of hydrogen-bond acceptors (Lipinski definition) is 5. The van der Waals surface area contributed by atoms with Gasteiger partial charge in [0.2, 0.25) is 0 Å². The number of rotatable bonds is 3. The second-order valence-electron chi connectivity index (χ2n) is 9.09. The summed E-state index contributed by atoms with van der Waals surface area (Å²) in [5, 5.41) is 0.0366. The van der Waals surface area contributed by atoms with Gasteiger partial charge in [-0.2, -0.15) is 18.2 Å². The van der Waals surface area contributed by atoms with Crippen LogP contribution in [0.2, 0.25) is 0 Å². The average molecular weight is 502 g/mol. The van der Waals surface area contributed by atoms with Gasteiger partial charge in [0, 0.05) is 12.1 Å². The molecule has 5 rings (SSSR count). The van der Waals surface area contributed by atoms with Gasteiger partial charge in [-0.25, -0.2) is 9.78 Å². The molecule has 1 aliphatic heterocycles. The number of imidazole rings is 1. The predicted octanol–water partition coefficient (Wildman–Crippen LogP) is 5.32. The zero-order chi connectivity index (χ0) is 24.6. The first-order valence-corrected chi connectivity index (χ1v) is 12.9. The Labute approximate surface area is 205 Å². The maximum absolute atomic E-state index is 13.3. The van der Waals surface area contributed by atoms with Gasteiger partial charge in [0.15, 0.2) is 0 Å². The van der Waals surface area contributed by atoms with Crippen LogP contribution in [0.15, 0.2) is 29.2 Å². The molecule has 0 spiro atoms. The van der Waals surface area contributed by atoms with Crippen molar-refractivity contribution in [2.24, 2.45) is 0 Å². The molecule has 2 aromatic heterocycles. The lowest BCUT2D eigenvalue weighted by atomic mass is 9.88. The lowest BCUT2D eigenvalue weighted by Crippen LogP contribution is -2.26. The molecule has 0 bridgehead atoms. The summed E-state index contributed by atoms with van der Waals surface area (Å²) >= 11 is 1.71. The standard InChI is InChI=1S/C25H26F3N5OS/c26-25(27,28)18-10-11-20-19(14-18)30-23(16-6-2-1-3-7-16)32(20)12-4-8-17-15-33(21-9-5-13-35-21)24(34)31-22(17)29/h10-11,14-16,21H,1-3,5-7,9,12-13H2,(H2,29,31,34)/t21-/m0/s1. The molecule has 184 valence electrons. The Morgan fingerprint density at radius 1 is 1.11 bits per heavy atom. The number of nitrogens with two attached hydrogens (primary N) is 1. The van der Waals surface area contributed by atoms with Crippen LogP contribution in [0.4, 0.5) is 19.0 Å². The minimum Gasteiger partial charge on any atom is -0.382 e. The van der Waals surface area contributed by atoms with E-state index >= 15 is 0 Å². The molecular weight excluding hydrogens is 475 g/mol. The average Bonchev–Trinajstić information content (AvgIpc) is 3.48. The Kier molecular flexibility index (Phi) is 6.53. The van der Waals surface area contributed by atoms with Crippen molar-refractivity contribution in [1.29, 1.82) is 0 Å². The highest BCUT2D eigenvalue weighted by Gasteiger charge is 2.31. The van der Waals surface area contributed by atoms with Crippen LogP contribution in [0, 0.1) is 11.8 Å². The van der Waals surface area contributed by atoms with Crippen LogP contribution in [0.1, 0.15) is 73.2 Å². The van der Waals surface area contributed by atoms with Crippen LogP contribution < -0.4 is 11.4 Å². The predicted molar refractivity (Wildman–Crippen MR) is 131 cm³/mol. The molecule has 6 nitrogen and oxygen atoms in total. The molecule has 2 fully saturated rings. The Balaban J connectivity index is 1.51. The summed E-state index contributed by atoms with van der Waals surface area (Å²) in [6, 6.07) is 3.69. The second kappa shape index (κ2) is 9.61. The number of hydrogen-bond donors (Lipinski definition) is 1. The van der Waals surface area contributed by atoms with E-state index in [0.717, 1.165) is 68.7 Å². The smallest absolute Gasteiger partial charge is 0.382 e. The normalized spacial score (nSPS) is 19.1. The van der Waals surface area contributed by atoms with E-state index in [9.17, 15) is 18.0 Å². The SMILES string of the molecule is Nc1nc(=O)n([C@@H]2CCCS2)cc1C#CCn1c(C2CCCCC2)nc2cc(C(F)(F)F)ccc21. The molecule has 1 aromatic carbocycles. The third kappa shape index (κ3) is 4.92. The van der Waals surface area contributed by atoms with Gasteiger partial charge in [-0.15, -0.1) is 11.8 Å². The fourth-order valence-corrected chi connectivity index (χ4v) is 6.19. The fourth-order valence-electron chi connectivity index (χ4n) is 4.94. The van der Waals surface area contributed by atoms with Crippen molar-refractivity contribution in [3.05, 3.63) is 51.8 Å². The number of anilines is 1. The Morgan fingerprint density at radius 3 is 2.63 bits per heavy atom. The second-order valence-corrected chi connectivity index (χ2v) is 10.4. The highest BCUT2D eigenvalue weighted by atomic mass is 32.2. The summed E-state index contributed by atoms with van der Waals surface area (Å²) in [6.07, 6.45) is 4.43. The third-order valence-electron chi connectivity index (χ3n) is 6.73. The molecule has 10 heteroatoms. The number of halogens is 3. The molecule has 1 saturated heterocycles. The summed E-state index contributed by atoms with van der Waals surface area (Å²) in [5.41, 5.74) is 6.33. The Hall–Kier alpha value is -2.93. The van der Waals surface area contributed by atoms with Gasteiger partial charge < -0.3 is 10.3 Å². The summed E-state index contributed by atoms with van der Waals surface area (Å²) in [6.45, 7) is 0.254. The largest absolute Gasteiger partial charge is 0.416 e. The van der Waals surface area contributed by atoms with Gasteiger partial charge in [0.25, 0.3) is 0 Å². The first-order chi connectivity index (χ1) is 16.8. The van der Waals surface area contributed by atoms with Gasteiger partial charge in [-0.3, -0.25) is 4.57 Å². The highest BCUT2D eigenvalue weighted by Crippen LogP contribution is 2.36. The zero-order valence-corrected chi connectivity index (χ0v) is 20.0. The van der Waals surface area contributed by atoms with Crippen molar-refractivity contribution in [2.45, 2.75) is 69.0 Å². The molecular formula is C25H26F3N5OS. The van der Waals surface area contributed by atoms with Crippen LogP contribution in [-0.4, -0.2) is 24.9 Å². The van der Waals surface area contributed by atoms with Crippen LogP contribution in [-0.2, 0) is 12.7 Å². The number of nitrogen functional groups attached to an aromatic ring is 1. The minimum atomic E-state index is -4.42. The van der Waals surface area contributed by atoms with Gasteiger partial charge in [-0.05, 0) is 49.6 Å². The zero-order valence-electron chi connectivity index (χ0n) is 19.1. The maximum atomic E-state index is 13.3. The summed E-state index contributed by atoms with van der Waals surface area (Å²) in [4.78, 5) is 20.9. The number of benzene rings is 1. The van der Waals surface area contributed by atoms with E-state index in [-0.39, 0.29) is 29.3 Å². The first kappa shape index (κ1) is 23.8. The summed E-state index contributed by atoms with van der Waals surface area (Å²) < 4.78 is 43.4. The van der Waals surface area contributed by atoms with E-state index in [1.165, 1.54) is 6.07 Å². The third-order valence-corrected chi connectivity index (χ3v) is 8.10. The van der Waals surface area contributed by atoms with E-state index in [4.69, 9.17) is 5.73 Å². The molecule has 0 amide bonds. The van der Waals surface area contributed by atoms with Crippen LogP contribution in [0.3, 0.4) is 0 Å². The molecule has 1 saturated carbocycles. The van der Waals surface area contributed by atoms with Crippen molar-refractivity contribution in [3.8, 4) is 11.8 Å². The molecule has 0 radical (unpaired) electrons. The highest BCUT2D eigenvalue weighted by molar-refractivity contribution is 7.99. The van der Waals surface area contributed by atoms with Gasteiger partial charge in [0.05, 0.1) is 34.1 Å². The van der Waals surface area contributed by atoms with Crippen LogP contribution >= 0.6 is 11.8 Å². The summed E-state index contributed by atoms with van der Waals surface area (Å²) in [7, 11) is 0. The number of thioether (sulfide) groups is 1. The Bertz CT molecular complexity index is 1360. The Morgan fingerprint density at radius 2 is 1.91 bits per heavy atom. The summed E-state index contributed by atoms with van der Waals surface area (Å²) in [5.74, 6) is 8.20. The van der Waals surface area contributed by atoms with Gasteiger partial charge in [-0.1, -0.05) is 31.1 Å². The van der Waals surface area contributed by atoms with E-state index in [1.807, 2.05) is 4.57 Å². The molecule has 1 aliphatic carbocycles. The fraction of sp³-hybridized carbons (Fsp3) is 0.480. The van der Waals surface area contributed by atoms with E-state index in [1.54, 1.807) is 22.5 Å². The van der Waals surface area contributed by atoms with Crippen molar-refractivity contribution in [1.82, 2.24) is 19.1 Å².